The predicted molar refractivity (Wildman–Crippen MR) is 156 cm³/mol. The molecule has 0 saturated carbocycles. The fraction of sp³-hybridized carbons (Fsp3) is 0.167. The molecule has 5 rings (SSSR count). The average molecular weight is 581 g/mol. The smallest absolute Gasteiger partial charge is 0.257 e. The number of amides is 1. The van der Waals surface area contributed by atoms with E-state index in [0.29, 0.717) is 36.9 Å². The minimum absolute atomic E-state index is 0.0503. The van der Waals surface area contributed by atoms with Crippen molar-refractivity contribution in [1.29, 1.82) is 0 Å². The van der Waals surface area contributed by atoms with Crippen LogP contribution < -0.4 is 5.32 Å². The molecule has 6 nitrogen and oxygen atoms in total. The van der Waals surface area contributed by atoms with Crippen molar-refractivity contribution in [2.45, 2.75) is 10.9 Å². The van der Waals surface area contributed by atoms with Crippen LogP contribution in [0.4, 0.5) is 5.69 Å². The molecular weight excluding hydrogens is 553 g/mol. The van der Waals surface area contributed by atoms with Gasteiger partial charge in [0.2, 0.25) is 10.0 Å². The lowest BCUT2D eigenvalue weighted by atomic mass is 9.96. The highest BCUT2D eigenvalue weighted by Crippen LogP contribution is 2.31. The van der Waals surface area contributed by atoms with Crippen LogP contribution in [0, 0.1) is 0 Å². The van der Waals surface area contributed by atoms with E-state index in [2.05, 4.69) is 34.5 Å². The summed E-state index contributed by atoms with van der Waals surface area (Å²) in [7, 11) is -3.69. The number of hydrogen-bond acceptors (Lipinski definition) is 4. The van der Waals surface area contributed by atoms with Crippen molar-refractivity contribution in [2.75, 3.05) is 31.5 Å². The second kappa shape index (κ2) is 11.9. The monoisotopic (exact) mass is 579 g/mol. The molecular formula is C30H27Cl2N3O3S. The van der Waals surface area contributed by atoms with Gasteiger partial charge in [-0.15, -0.1) is 0 Å². The molecule has 4 aromatic rings. The number of carbonyl (C=O) groups is 1. The molecule has 0 bridgehead atoms. The number of sulfonamides is 1. The predicted octanol–water partition coefficient (Wildman–Crippen LogP) is 6.34. The molecule has 1 heterocycles. The van der Waals surface area contributed by atoms with Crippen LogP contribution in [-0.2, 0) is 10.0 Å². The van der Waals surface area contributed by atoms with Gasteiger partial charge in [-0.1, -0.05) is 83.9 Å². The first-order chi connectivity index (χ1) is 18.8. The maximum Gasteiger partial charge on any atom is 0.257 e. The quantitative estimate of drug-likeness (QED) is 0.277. The normalized spacial score (nSPS) is 14.8. The van der Waals surface area contributed by atoms with E-state index >= 15 is 0 Å². The van der Waals surface area contributed by atoms with Crippen molar-refractivity contribution in [3.05, 3.63) is 130 Å². The third-order valence-electron chi connectivity index (χ3n) is 6.79. The molecule has 0 unspecified atom stereocenters. The first-order valence-corrected chi connectivity index (χ1v) is 14.7. The summed E-state index contributed by atoms with van der Waals surface area (Å²) in [6, 6.07) is 31.4. The number of benzene rings is 4. The van der Waals surface area contributed by atoms with Crippen LogP contribution in [0.1, 0.15) is 27.5 Å². The van der Waals surface area contributed by atoms with Crippen molar-refractivity contribution in [1.82, 2.24) is 9.21 Å². The van der Waals surface area contributed by atoms with Crippen LogP contribution in [-0.4, -0.2) is 49.7 Å². The molecule has 1 N–H and O–H groups in total. The first kappa shape index (κ1) is 27.4. The van der Waals surface area contributed by atoms with E-state index in [0.717, 1.165) is 0 Å². The highest BCUT2D eigenvalue weighted by atomic mass is 35.5. The maximum absolute atomic E-state index is 13.4. The van der Waals surface area contributed by atoms with Crippen molar-refractivity contribution < 1.29 is 13.2 Å². The number of halogens is 2. The van der Waals surface area contributed by atoms with Crippen LogP contribution in [0.3, 0.4) is 0 Å². The van der Waals surface area contributed by atoms with E-state index in [9.17, 15) is 13.2 Å². The first-order valence-electron chi connectivity index (χ1n) is 12.5. The Hall–Kier alpha value is -3.20. The molecule has 0 atom stereocenters. The molecule has 4 aromatic carbocycles. The second-order valence-corrected chi connectivity index (χ2v) is 12.0. The summed E-state index contributed by atoms with van der Waals surface area (Å²) in [6.45, 7) is 1.96. The molecule has 200 valence electrons. The number of hydrogen-bond donors (Lipinski definition) is 1. The number of rotatable bonds is 7. The molecule has 0 spiro atoms. The third kappa shape index (κ3) is 6.19. The van der Waals surface area contributed by atoms with Gasteiger partial charge in [0.15, 0.2) is 0 Å². The Morgan fingerprint density at radius 2 is 1.31 bits per heavy atom. The standard InChI is InChI=1S/C30H27Cl2N3O3S/c31-24-11-16-27(28(32)21-24)30(36)33-25-12-14-26(15-13-25)39(37,38)35-19-17-34(18-20-35)29(22-7-3-1-4-8-22)23-9-5-2-6-10-23/h1-16,21,29H,17-20H2,(H,33,36). The molecule has 0 radical (unpaired) electrons. The lowest BCUT2D eigenvalue weighted by Crippen LogP contribution is -2.49. The van der Waals surface area contributed by atoms with Gasteiger partial charge < -0.3 is 5.32 Å². The zero-order valence-electron chi connectivity index (χ0n) is 21.0. The molecule has 9 heteroatoms. The SMILES string of the molecule is O=C(Nc1ccc(S(=O)(=O)N2CCN(C(c3ccccc3)c3ccccc3)CC2)cc1)c1ccc(Cl)cc1Cl. The summed E-state index contributed by atoms with van der Waals surface area (Å²) in [6.07, 6.45) is 0. The van der Waals surface area contributed by atoms with Gasteiger partial charge in [0, 0.05) is 36.9 Å². The minimum Gasteiger partial charge on any atom is -0.322 e. The van der Waals surface area contributed by atoms with Gasteiger partial charge in [-0.3, -0.25) is 9.69 Å². The van der Waals surface area contributed by atoms with Crippen LogP contribution in [0.25, 0.3) is 0 Å². The average Bonchev–Trinajstić information content (AvgIpc) is 2.95. The Balaban J connectivity index is 1.26. The van der Waals surface area contributed by atoms with E-state index in [1.807, 2.05) is 36.4 Å². The highest BCUT2D eigenvalue weighted by molar-refractivity contribution is 7.89. The van der Waals surface area contributed by atoms with E-state index in [4.69, 9.17) is 23.2 Å². The van der Waals surface area contributed by atoms with Gasteiger partial charge in [-0.05, 0) is 53.6 Å². The number of piperazine rings is 1. The zero-order valence-corrected chi connectivity index (χ0v) is 23.3. The van der Waals surface area contributed by atoms with Gasteiger partial charge in [-0.2, -0.15) is 4.31 Å². The Labute approximate surface area is 238 Å². The van der Waals surface area contributed by atoms with Crippen molar-refractivity contribution >= 4 is 44.8 Å². The minimum atomic E-state index is -3.69. The lowest BCUT2D eigenvalue weighted by molar-refractivity contribution is 0.102. The zero-order chi connectivity index (χ0) is 27.4. The van der Waals surface area contributed by atoms with E-state index in [1.165, 1.54) is 33.6 Å². The summed E-state index contributed by atoms with van der Waals surface area (Å²) in [5.41, 5.74) is 3.10. The summed E-state index contributed by atoms with van der Waals surface area (Å²) >= 11 is 12.0. The molecule has 1 saturated heterocycles. The Morgan fingerprint density at radius 3 is 1.85 bits per heavy atom. The fourth-order valence-electron chi connectivity index (χ4n) is 4.82. The van der Waals surface area contributed by atoms with E-state index in [1.54, 1.807) is 24.3 Å². The second-order valence-electron chi connectivity index (χ2n) is 9.27. The van der Waals surface area contributed by atoms with Crippen LogP contribution in [0.2, 0.25) is 10.0 Å². The maximum atomic E-state index is 13.4. The number of carbonyl (C=O) groups excluding carboxylic acids is 1. The number of nitrogens with one attached hydrogen (secondary N) is 1. The Morgan fingerprint density at radius 1 is 0.744 bits per heavy atom. The summed E-state index contributed by atoms with van der Waals surface area (Å²) in [5.74, 6) is -0.408. The van der Waals surface area contributed by atoms with Gasteiger partial charge in [0.1, 0.15) is 0 Å². The number of anilines is 1. The van der Waals surface area contributed by atoms with Gasteiger partial charge in [-0.25, -0.2) is 8.42 Å². The Kier molecular flexibility index (Phi) is 8.35. The van der Waals surface area contributed by atoms with Gasteiger partial charge in [0.25, 0.3) is 5.91 Å². The molecule has 1 fully saturated rings. The van der Waals surface area contributed by atoms with Crippen molar-refractivity contribution in [2.24, 2.45) is 0 Å². The lowest BCUT2D eigenvalue weighted by Gasteiger charge is -2.39. The Bertz CT molecular complexity index is 1500. The molecule has 39 heavy (non-hydrogen) atoms. The molecule has 1 aliphatic rings. The van der Waals surface area contributed by atoms with E-state index < -0.39 is 15.9 Å². The molecule has 0 aromatic heterocycles. The molecule has 1 amide bonds. The molecule has 0 aliphatic carbocycles. The van der Waals surface area contributed by atoms with Crippen LogP contribution in [0.5, 0.6) is 0 Å². The van der Waals surface area contributed by atoms with Gasteiger partial charge in [0.05, 0.1) is 21.5 Å². The van der Waals surface area contributed by atoms with Gasteiger partial charge >= 0.3 is 0 Å². The summed E-state index contributed by atoms with van der Waals surface area (Å²) in [4.78, 5) is 15.1. The molecule has 1 aliphatic heterocycles. The summed E-state index contributed by atoms with van der Waals surface area (Å²) in [5, 5.41) is 3.41. The third-order valence-corrected chi connectivity index (χ3v) is 9.26. The van der Waals surface area contributed by atoms with Crippen molar-refractivity contribution in [3.8, 4) is 0 Å². The fourth-order valence-corrected chi connectivity index (χ4v) is 6.73. The van der Waals surface area contributed by atoms with E-state index in [-0.39, 0.29) is 21.5 Å². The van der Waals surface area contributed by atoms with Crippen LogP contribution >= 0.6 is 23.2 Å². The van der Waals surface area contributed by atoms with Crippen molar-refractivity contribution in [3.63, 3.8) is 0 Å². The number of nitrogens with zero attached hydrogens (tertiary/aromatic N) is 2. The largest absolute Gasteiger partial charge is 0.322 e. The topological polar surface area (TPSA) is 69.7 Å². The highest BCUT2D eigenvalue weighted by Gasteiger charge is 2.32. The van der Waals surface area contributed by atoms with Crippen LogP contribution in [0.15, 0.2) is 108 Å². The summed E-state index contributed by atoms with van der Waals surface area (Å²) < 4.78 is 28.4.